The fourth-order valence-corrected chi connectivity index (χ4v) is 4.27. The van der Waals surface area contributed by atoms with Crippen LogP contribution in [0.25, 0.3) is 0 Å². The van der Waals surface area contributed by atoms with E-state index in [1.165, 1.54) is 6.42 Å². The zero-order valence-corrected chi connectivity index (χ0v) is 17.2. The molecule has 2 unspecified atom stereocenters. The van der Waals surface area contributed by atoms with Crippen molar-refractivity contribution in [2.45, 2.75) is 65.1 Å². The fourth-order valence-electron chi connectivity index (χ4n) is 4.27. The number of phenols is 1. The lowest BCUT2D eigenvalue weighted by molar-refractivity contribution is 0.0462. The van der Waals surface area contributed by atoms with Crippen LogP contribution in [0.2, 0.25) is 0 Å². The number of hydrogen-bond acceptors (Lipinski definition) is 3. The molecule has 1 saturated carbocycles. The van der Waals surface area contributed by atoms with E-state index in [-0.39, 0.29) is 17.3 Å². The van der Waals surface area contributed by atoms with E-state index in [0.717, 1.165) is 31.5 Å². The van der Waals surface area contributed by atoms with E-state index in [9.17, 15) is 9.90 Å². The van der Waals surface area contributed by atoms with E-state index in [1.807, 2.05) is 17.0 Å². The van der Waals surface area contributed by atoms with E-state index in [2.05, 4.69) is 37.9 Å². The Bertz CT molecular complexity index is 647. The molecular weight excluding hydrogens is 338 g/mol. The Morgan fingerprint density at radius 2 is 1.93 bits per heavy atom. The van der Waals surface area contributed by atoms with Crippen LogP contribution in [0, 0.1) is 11.8 Å². The van der Waals surface area contributed by atoms with Crippen molar-refractivity contribution in [3.63, 3.8) is 0 Å². The first-order valence-electron chi connectivity index (χ1n) is 10.3. The predicted molar refractivity (Wildman–Crippen MR) is 109 cm³/mol. The van der Waals surface area contributed by atoms with Gasteiger partial charge in [-0.3, -0.25) is 4.90 Å². The van der Waals surface area contributed by atoms with Gasteiger partial charge in [0, 0.05) is 37.8 Å². The van der Waals surface area contributed by atoms with Crippen molar-refractivity contribution < 1.29 is 9.90 Å². The summed E-state index contributed by atoms with van der Waals surface area (Å²) in [5, 5.41) is 12.9. The number of hydrogen-bond donors (Lipinski definition) is 2. The summed E-state index contributed by atoms with van der Waals surface area (Å²) in [7, 11) is 0. The van der Waals surface area contributed by atoms with Crippen LogP contribution in [0.4, 0.5) is 4.79 Å². The quantitative estimate of drug-likeness (QED) is 0.797. The van der Waals surface area contributed by atoms with E-state index in [4.69, 9.17) is 0 Å². The molecule has 1 aliphatic heterocycles. The van der Waals surface area contributed by atoms with Gasteiger partial charge in [-0.15, -0.1) is 0 Å². The molecule has 0 radical (unpaired) electrons. The molecule has 2 aliphatic rings. The monoisotopic (exact) mass is 373 g/mol. The Balaban J connectivity index is 1.59. The maximum Gasteiger partial charge on any atom is 0.318 e. The molecule has 1 aromatic rings. The lowest BCUT2D eigenvalue weighted by Crippen LogP contribution is -2.57. The molecule has 5 nitrogen and oxygen atoms in total. The number of carbonyl (C=O) groups is 1. The number of carbonyl (C=O) groups excluding carboxylic acids is 1. The van der Waals surface area contributed by atoms with Crippen LogP contribution >= 0.6 is 0 Å². The first kappa shape index (κ1) is 20.0. The summed E-state index contributed by atoms with van der Waals surface area (Å²) in [5.74, 6) is 1.66. The van der Waals surface area contributed by atoms with E-state index >= 15 is 0 Å². The molecule has 27 heavy (non-hydrogen) atoms. The zero-order chi connectivity index (χ0) is 19.6. The summed E-state index contributed by atoms with van der Waals surface area (Å²) in [6.45, 7) is 12.5. The van der Waals surface area contributed by atoms with Crippen molar-refractivity contribution in [1.29, 1.82) is 0 Å². The van der Waals surface area contributed by atoms with Crippen molar-refractivity contribution in [1.82, 2.24) is 15.1 Å². The van der Waals surface area contributed by atoms with Gasteiger partial charge in [-0.2, -0.15) is 0 Å². The molecule has 1 aromatic carbocycles. The highest BCUT2D eigenvalue weighted by Crippen LogP contribution is 2.30. The summed E-state index contributed by atoms with van der Waals surface area (Å²) in [6, 6.07) is 7.52. The Labute approximate surface area is 163 Å². The standard InChI is InChI=1S/C22H35N3O2/c1-16-10-17(2)13-24(12-16)22(3,4)15-23-21(27)25(19-8-9-19)14-18-6-5-7-20(26)11-18/h5-7,11,16-17,19,26H,8-10,12-15H2,1-4H3,(H,23,27). The molecule has 150 valence electrons. The third-order valence-corrected chi connectivity index (χ3v) is 5.91. The maximum absolute atomic E-state index is 12.9. The van der Waals surface area contributed by atoms with Gasteiger partial charge in [0.05, 0.1) is 0 Å². The smallest absolute Gasteiger partial charge is 0.318 e. The van der Waals surface area contributed by atoms with Gasteiger partial charge in [0.2, 0.25) is 0 Å². The minimum Gasteiger partial charge on any atom is -0.508 e. The van der Waals surface area contributed by atoms with Gasteiger partial charge in [-0.1, -0.05) is 26.0 Å². The molecule has 0 bridgehead atoms. The summed E-state index contributed by atoms with van der Waals surface area (Å²) in [5.41, 5.74) is 0.911. The second-order valence-corrected chi connectivity index (χ2v) is 9.35. The lowest BCUT2D eigenvalue weighted by Gasteiger charge is -2.45. The molecule has 2 amide bonds. The third-order valence-electron chi connectivity index (χ3n) is 5.91. The molecule has 1 heterocycles. The van der Waals surface area contributed by atoms with Crippen LogP contribution in [-0.4, -0.2) is 52.2 Å². The van der Waals surface area contributed by atoms with Crippen LogP contribution in [0.1, 0.15) is 52.5 Å². The van der Waals surface area contributed by atoms with Crippen LogP contribution in [0.3, 0.4) is 0 Å². The summed E-state index contributed by atoms with van der Waals surface area (Å²) in [6.07, 6.45) is 3.42. The first-order chi connectivity index (χ1) is 12.7. The van der Waals surface area contributed by atoms with Crippen molar-refractivity contribution in [3.05, 3.63) is 29.8 Å². The topological polar surface area (TPSA) is 55.8 Å². The highest BCUT2D eigenvalue weighted by Gasteiger charge is 2.36. The van der Waals surface area contributed by atoms with Crippen LogP contribution < -0.4 is 5.32 Å². The molecule has 2 N–H and O–H groups in total. The Kier molecular flexibility index (Phi) is 5.99. The fraction of sp³-hybridized carbons (Fsp3) is 0.682. The number of likely N-dealkylation sites (tertiary alicyclic amines) is 1. The van der Waals surface area contributed by atoms with Crippen molar-refractivity contribution in [2.24, 2.45) is 11.8 Å². The van der Waals surface area contributed by atoms with Crippen molar-refractivity contribution >= 4 is 6.03 Å². The maximum atomic E-state index is 12.9. The molecule has 1 aliphatic carbocycles. The Hall–Kier alpha value is -1.75. The zero-order valence-electron chi connectivity index (χ0n) is 17.2. The highest BCUT2D eigenvalue weighted by molar-refractivity contribution is 5.75. The van der Waals surface area contributed by atoms with Crippen LogP contribution in [-0.2, 0) is 6.54 Å². The third kappa shape index (κ3) is 5.38. The van der Waals surface area contributed by atoms with Gasteiger partial charge >= 0.3 is 6.03 Å². The van der Waals surface area contributed by atoms with Gasteiger partial charge in [0.25, 0.3) is 0 Å². The molecule has 2 fully saturated rings. The number of aromatic hydroxyl groups is 1. The molecule has 1 saturated heterocycles. The predicted octanol–water partition coefficient (Wildman–Crippen LogP) is 3.82. The van der Waals surface area contributed by atoms with Gasteiger partial charge in [-0.05, 0) is 62.6 Å². The molecular formula is C22H35N3O2. The van der Waals surface area contributed by atoms with E-state index in [1.54, 1.807) is 12.1 Å². The second kappa shape index (κ2) is 8.09. The Morgan fingerprint density at radius 3 is 2.52 bits per heavy atom. The number of phenolic OH excluding ortho intramolecular Hbond substituents is 1. The SMILES string of the molecule is CC1CC(C)CN(C(C)(C)CNC(=O)N(Cc2cccc(O)c2)C2CC2)C1. The number of urea groups is 1. The number of nitrogens with one attached hydrogen (secondary N) is 1. The summed E-state index contributed by atoms with van der Waals surface area (Å²) in [4.78, 5) is 17.4. The van der Waals surface area contributed by atoms with E-state index in [0.29, 0.717) is 31.0 Å². The molecule has 2 atom stereocenters. The first-order valence-corrected chi connectivity index (χ1v) is 10.3. The van der Waals surface area contributed by atoms with Crippen molar-refractivity contribution in [2.75, 3.05) is 19.6 Å². The number of piperidine rings is 1. The van der Waals surface area contributed by atoms with Gasteiger partial charge < -0.3 is 15.3 Å². The number of benzene rings is 1. The molecule has 0 spiro atoms. The minimum absolute atomic E-state index is 0.00650. The Morgan fingerprint density at radius 1 is 1.26 bits per heavy atom. The normalized spacial score (nSPS) is 23.9. The van der Waals surface area contributed by atoms with Crippen LogP contribution in [0.5, 0.6) is 5.75 Å². The number of nitrogens with zero attached hydrogens (tertiary/aromatic N) is 2. The number of rotatable bonds is 6. The molecule has 3 rings (SSSR count). The summed E-state index contributed by atoms with van der Waals surface area (Å²) < 4.78 is 0. The molecule has 5 heteroatoms. The second-order valence-electron chi connectivity index (χ2n) is 9.35. The average Bonchev–Trinajstić information content (AvgIpc) is 3.42. The summed E-state index contributed by atoms with van der Waals surface area (Å²) >= 11 is 0. The average molecular weight is 374 g/mol. The van der Waals surface area contributed by atoms with Gasteiger partial charge in [0.1, 0.15) is 5.75 Å². The van der Waals surface area contributed by atoms with Crippen LogP contribution in [0.15, 0.2) is 24.3 Å². The lowest BCUT2D eigenvalue weighted by atomic mass is 9.88. The number of amides is 2. The largest absolute Gasteiger partial charge is 0.508 e. The van der Waals surface area contributed by atoms with Gasteiger partial charge in [0.15, 0.2) is 0 Å². The minimum atomic E-state index is -0.0567. The van der Waals surface area contributed by atoms with Crippen molar-refractivity contribution in [3.8, 4) is 5.75 Å². The van der Waals surface area contributed by atoms with E-state index < -0.39 is 0 Å². The highest BCUT2D eigenvalue weighted by atomic mass is 16.3. The van der Waals surface area contributed by atoms with Gasteiger partial charge in [-0.25, -0.2) is 4.79 Å². The molecule has 0 aromatic heterocycles.